The molecular formula is C15H25N3O2. The molecule has 1 saturated carbocycles. The lowest BCUT2D eigenvalue weighted by Crippen LogP contribution is -2.41. The van der Waals surface area contributed by atoms with Crippen LogP contribution in [0.5, 0.6) is 0 Å². The van der Waals surface area contributed by atoms with E-state index in [1.54, 1.807) is 6.20 Å². The largest absolute Gasteiger partial charge is 0.388 e. The number of carbonyl (C=O) groups is 1. The fraction of sp³-hybridized carbons (Fsp3) is 0.733. The van der Waals surface area contributed by atoms with Crippen molar-refractivity contribution < 1.29 is 9.90 Å². The van der Waals surface area contributed by atoms with Gasteiger partial charge in [-0.3, -0.25) is 4.79 Å². The van der Waals surface area contributed by atoms with Crippen molar-refractivity contribution in [1.29, 1.82) is 0 Å². The summed E-state index contributed by atoms with van der Waals surface area (Å²) in [6.45, 7) is 5.20. The predicted molar refractivity (Wildman–Crippen MR) is 77.4 cm³/mol. The molecule has 1 heterocycles. The first-order valence-corrected chi connectivity index (χ1v) is 7.50. The Morgan fingerprint density at radius 3 is 2.85 bits per heavy atom. The predicted octanol–water partition coefficient (Wildman–Crippen LogP) is 1.82. The van der Waals surface area contributed by atoms with Gasteiger partial charge in [-0.1, -0.05) is 26.7 Å². The standard InChI is InChI=1S/C15H25N3O2/c1-12(2)14-16-8-10-18(14)9-5-13(19)17-11-15(20)6-3-4-7-15/h8,10,12,20H,3-7,9,11H2,1-2H3,(H,17,19). The van der Waals surface area contributed by atoms with Crippen LogP contribution >= 0.6 is 0 Å². The summed E-state index contributed by atoms with van der Waals surface area (Å²) >= 11 is 0. The van der Waals surface area contributed by atoms with Crippen molar-refractivity contribution in [2.24, 2.45) is 0 Å². The van der Waals surface area contributed by atoms with Crippen LogP contribution in [0.3, 0.4) is 0 Å². The molecule has 0 saturated heterocycles. The lowest BCUT2D eigenvalue weighted by Gasteiger charge is -2.22. The van der Waals surface area contributed by atoms with Crippen molar-refractivity contribution >= 4 is 5.91 Å². The number of amides is 1. The first-order chi connectivity index (χ1) is 9.50. The summed E-state index contributed by atoms with van der Waals surface area (Å²) in [5.74, 6) is 1.35. The van der Waals surface area contributed by atoms with E-state index >= 15 is 0 Å². The van der Waals surface area contributed by atoms with Gasteiger partial charge in [0.15, 0.2) is 0 Å². The summed E-state index contributed by atoms with van der Waals surface area (Å²) in [5.41, 5.74) is -0.673. The number of aromatic nitrogens is 2. The Morgan fingerprint density at radius 1 is 1.50 bits per heavy atom. The molecule has 112 valence electrons. The lowest BCUT2D eigenvalue weighted by atomic mass is 10.0. The monoisotopic (exact) mass is 279 g/mol. The van der Waals surface area contributed by atoms with Crippen LogP contribution in [0, 0.1) is 0 Å². The maximum atomic E-state index is 11.9. The minimum Gasteiger partial charge on any atom is -0.388 e. The molecule has 5 heteroatoms. The van der Waals surface area contributed by atoms with Crippen molar-refractivity contribution in [2.75, 3.05) is 6.54 Å². The molecule has 0 radical (unpaired) electrons. The van der Waals surface area contributed by atoms with E-state index < -0.39 is 5.60 Å². The Morgan fingerprint density at radius 2 is 2.20 bits per heavy atom. The van der Waals surface area contributed by atoms with E-state index in [2.05, 4.69) is 24.1 Å². The highest BCUT2D eigenvalue weighted by Gasteiger charge is 2.31. The fourth-order valence-corrected chi connectivity index (χ4v) is 2.79. The Balaban J connectivity index is 1.76. The topological polar surface area (TPSA) is 67.2 Å². The Hall–Kier alpha value is -1.36. The zero-order valence-corrected chi connectivity index (χ0v) is 12.4. The minimum atomic E-state index is -0.673. The van der Waals surface area contributed by atoms with Crippen molar-refractivity contribution in [1.82, 2.24) is 14.9 Å². The van der Waals surface area contributed by atoms with E-state index in [1.165, 1.54) is 0 Å². The summed E-state index contributed by atoms with van der Waals surface area (Å²) in [5, 5.41) is 13.0. The Labute approximate surface area is 120 Å². The molecule has 1 fully saturated rings. The molecule has 0 unspecified atom stereocenters. The van der Waals surface area contributed by atoms with Gasteiger partial charge in [0.2, 0.25) is 5.91 Å². The molecule has 1 aliphatic rings. The van der Waals surface area contributed by atoms with Crippen LogP contribution in [0.2, 0.25) is 0 Å². The van der Waals surface area contributed by atoms with E-state index in [-0.39, 0.29) is 5.91 Å². The maximum Gasteiger partial charge on any atom is 0.221 e. The van der Waals surface area contributed by atoms with Gasteiger partial charge in [-0.2, -0.15) is 0 Å². The number of hydrogen-bond acceptors (Lipinski definition) is 3. The fourth-order valence-electron chi connectivity index (χ4n) is 2.79. The van der Waals surface area contributed by atoms with Gasteiger partial charge in [-0.05, 0) is 12.8 Å². The maximum absolute atomic E-state index is 11.9. The number of imidazole rings is 1. The average Bonchev–Trinajstić information content (AvgIpc) is 3.03. The van der Waals surface area contributed by atoms with Crippen LogP contribution in [-0.2, 0) is 11.3 Å². The summed E-state index contributed by atoms with van der Waals surface area (Å²) in [7, 11) is 0. The number of hydrogen-bond donors (Lipinski definition) is 2. The highest BCUT2D eigenvalue weighted by atomic mass is 16.3. The average molecular weight is 279 g/mol. The lowest BCUT2D eigenvalue weighted by molar-refractivity contribution is -0.122. The smallest absolute Gasteiger partial charge is 0.221 e. The first-order valence-electron chi connectivity index (χ1n) is 7.50. The molecule has 1 aromatic rings. The number of nitrogens with zero attached hydrogens (tertiary/aromatic N) is 2. The molecule has 0 spiro atoms. The second kappa shape index (κ2) is 6.39. The number of aryl methyl sites for hydroxylation is 1. The Kier molecular flexibility index (Phi) is 4.81. The number of carbonyl (C=O) groups excluding carboxylic acids is 1. The number of rotatable bonds is 6. The van der Waals surface area contributed by atoms with Crippen LogP contribution in [0.4, 0.5) is 0 Å². The van der Waals surface area contributed by atoms with E-state index in [0.717, 1.165) is 31.5 Å². The third-order valence-electron chi connectivity index (χ3n) is 3.99. The number of aliphatic hydroxyl groups is 1. The molecule has 0 bridgehead atoms. The van der Waals surface area contributed by atoms with E-state index in [1.807, 2.05) is 10.8 Å². The molecule has 0 atom stereocenters. The van der Waals surface area contributed by atoms with Crippen molar-refractivity contribution in [3.05, 3.63) is 18.2 Å². The summed E-state index contributed by atoms with van der Waals surface area (Å²) in [4.78, 5) is 16.2. The van der Waals surface area contributed by atoms with E-state index in [0.29, 0.717) is 25.4 Å². The summed E-state index contributed by atoms with van der Waals surface area (Å²) in [6.07, 6.45) is 7.81. The van der Waals surface area contributed by atoms with Gasteiger partial charge in [0, 0.05) is 37.8 Å². The molecule has 1 aromatic heterocycles. The molecular weight excluding hydrogens is 254 g/mol. The van der Waals surface area contributed by atoms with Gasteiger partial charge in [0.1, 0.15) is 5.82 Å². The molecule has 0 aromatic carbocycles. The normalized spacial score (nSPS) is 17.6. The molecule has 2 rings (SSSR count). The molecule has 1 aliphatic carbocycles. The van der Waals surface area contributed by atoms with Gasteiger partial charge in [0.05, 0.1) is 5.60 Å². The zero-order valence-electron chi connectivity index (χ0n) is 12.4. The van der Waals surface area contributed by atoms with Crippen molar-refractivity contribution in [3.63, 3.8) is 0 Å². The van der Waals surface area contributed by atoms with Crippen LogP contribution in [0.1, 0.15) is 57.7 Å². The van der Waals surface area contributed by atoms with Gasteiger partial charge in [-0.15, -0.1) is 0 Å². The highest BCUT2D eigenvalue weighted by Crippen LogP contribution is 2.28. The van der Waals surface area contributed by atoms with Crippen molar-refractivity contribution in [2.45, 2.75) is 64.0 Å². The zero-order chi connectivity index (χ0) is 14.6. The van der Waals surface area contributed by atoms with Crippen LogP contribution < -0.4 is 5.32 Å². The van der Waals surface area contributed by atoms with Crippen LogP contribution in [0.15, 0.2) is 12.4 Å². The van der Waals surface area contributed by atoms with Crippen molar-refractivity contribution in [3.8, 4) is 0 Å². The van der Waals surface area contributed by atoms with E-state index in [4.69, 9.17) is 0 Å². The van der Waals surface area contributed by atoms with E-state index in [9.17, 15) is 9.90 Å². The summed E-state index contributed by atoms with van der Waals surface area (Å²) < 4.78 is 2.02. The third-order valence-corrected chi connectivity index (χ3v) is 3.99. The minimum absolute atomic E-state index is 0.00580. The quantitative estimate of drug-likeness (QED) is 0.834. The molecule has 1 amide bonds. The van der Waals surface area contributed by atoms with Gasteiger partial charge in [0.25, 0.3) is 0 Å². The SMILES string of the molecule is CC(C)c1nccn1CCC(=O)NCC1(O)CCCC1. The Bertz CT molecular complexity index is 448. The van der Waals surface area contributed by atoms with Gasteiger partial charge >= 0.3 is 0 Å². The second-order valence-corrected chi connectivity index (χ2v) is 6.09. The molecule has 20 heavy (non-hydrogen) atoms. The first kappa shape index (κ1) is 15.0. The molecule has 2 N–H and O–H groups in total. The van der Waals surface area contributed by atoms with Crippen LogP contribution in [0.25, 0.3) is 0 Å². The summed E-state index contributed by atoms with van der Waals surface area (Å²) in [6, 6.07) is 0. The van der Waals surface area contributed by atoms with Gasteiger partial charge < -0.3 is 15.0 Å². The number of nitrogens with one attached hydrogen (secondary N) is 1. The second-order valence-electron chi connectivity index (χ2n) is 6.09. The van der Waals surface area contributed by atoms with Gasteiger partial charge in [-0.25, -0.2) is 4.98 Å². The molecule has 5 nitrogen and oxygen atoms in total. The highest BCUT2D eigenvalue weighted by molar-refractivity contribution is 5.75. The third kappa shape index (κ3) is 3.82. The van der Waals surface area contributed by atoms with Crippen LogP contribution in [-0.4, -0.2) is 32.7 Å². The molecule has 0 aliphatic heterocycles.